The standard InChI is InChI=1S/C19H17N3O2S/c1-13-11-17(23)22-19(20-13)25-12-18(24)21-16-9-7-15(8-10-16)14-5-3-2-4-6-14/h2-11H,12H2,1H3,(H,21,24)(H,20,22,23). The topological polar surface area (TPSA) is 74.8 Å². The van der Waals surface area contributed by atoms with Crippen LogP contribution in [-0.2, 0) is 4.79 Å². The number of thioether (sulfide) groups is 1. The highest BCUT2D eigenvalue weighted by Crippen LogP contribution is 2.21. The van der Waals surface area contributed by atoms with Gasteiger partial charge in [-0.3, -0.25) is 9.59 Å². The third-order valence-corrected chi connectivity index (χ3v) is 4.34. The molecule has 5 nitrogen and oxygen atoms in total. The van der Waals surface area contributed by atoms with Crippen molar-refractivity contribution in [2.24, 2.45) is 0 Å². The molecule has 25 heavy (non-hydrogen) atoms. The Balaban J connectivity index is 1.58. The molecule has 3 rings (SSSR count). The van der Waals surface area contributed by atoms with Crippen LogP contribution in [0.25, 0.3) is 11.1 Å². The molecule has 1 amide bonds. The highest BCUT2D eigenvalue weighted by Gasteiger charge is 2.06. The summed E-state index contributed by atoms with van der Waals surface area (Å²) in [5, 5.41) is 3.28. The molecule has 0 aliphatic heterocycles. The minimum atomic E-state index is -0.216. The lowest BCUT2D eigenvalue weighted by Crippen LogP contribution is -2.15. The molecule has 126 valence electrons. The molecule has 0 spiro atoms. The van der Waals surface area contributed by atoms with Crippen molar-refractivity contribution in [3.8, 4) is 11.1 Å². The Morgan fingerprint density at radius 2 is 1.76 bits per heavy atom. The Bertz CT molecular complexity index is 921. The SMILES string of the molecule is Cc1cc(=O)[nH]c(SCC(=O)Nc2ccc(-c3ccccc3)cc2)n1. The fourth-order valence-corrected chi connectivity index (χ4v) is 3.05. The van der Waals surface area contributed by atoms with Crippen LogP contribution >= 0.6 is 11.8 Å². The quantitative estimate of drug-likeness (QED) is 0.545. The molecule has 0 bridgehead atoms. The van der Waals surface area contributed by atoms with Crippen LogP contribution in [0.3, 0.4) is 0 Å². The molecular formula is C19H17N3O2S. The van der Waals surface area contributed by atoms with Gasteiger partial charge in [0.25, 0.3) is 5.56 Å². The predicted molar refractivity (Wildman–Crippen MR) is 101 cm³/mol. The van der Waals surface area contributed by atoms with Crippen LogP contribution in [0.1, 0.15) is 5.69 Å². The Kier molecular flexibility index (Phi) is 5.30. The first-order valence-electron chi connectivity index (χ1n) is 7.76. The zero-order valence-corrected chi connectivity index (χ0v) is 14.5. The van der Waals surface area contributed by atoms with Gasteiger partial charge in [0.15, 0.2) is 5.16 Å². The summed E-state index contributed by atoms with van der Waals surface area (Å²) in [5.41, 5.74) is 3.37. The number of amides is 1. The number of aryl methyl sites for hydroxylation is 1. The van der Waals surface area contributed by atoms with E-state index in [1.54, 1.807) is 6.92 Å². The van der Waals surface area contributed by atoms with E-state index in [1.165, 1.54) is 17.8 Å². The van der Waals surface area contributed by atoms with Crippen LogP contribution in [-0.4, -0.2) is 21.6 Å². The van der Waals surface area contributed by atoms with Gasteiger partial charge in [0, 0.05) is 17.4 Å². The maximum atomic E-state index is 12.1. The van der Waals surface area contributed by atoms with Gasteiger partial charge < -0.3 is 10.3 Å². The minimum Gasteiger partial charge on any atom is -0.325 e. The van der Waals surface area contributed by atoms with E-state index >= 15 is 0 Å². The molecule has 2 aromatic carbocycles. The van der Waals surface area contributed by atoms with Crippen LogP contribution < -0.4 is 10.9 Å². The molecular weight excluding hydrogens is 334 g/mol. The van der Waals surface area contributed by atoms with E-state index in [0.717, 1.165) is 16.8 Å². The summed E-state index contributed by atoms with van der Waals surface area (Å²) < 4.78 is 0. The molecule has 0 unspecified atom stereocenters. The van der Waals surface area contributed by atoms with Crippen LogP contribution in [0.5, 0.6) is 0 Å². The van der Waals surface area contributed by atoms with Crippen molar-refractivity contribution in [2.75, 3.05) is 11.1 Å². The van der Waals surface area contributed by atoms with Gasteiger partial charge >= 0.3 is 0 Å². The van der Waals surface area contributed by atoms with E-state index in [4.69, 9.17) is 0 Å². The van der Waals surface area contributed by atoms with E-state index in [0.29, 0.717) is 10.9 Å². The lowest BCUT2D eigenvalue weighted by molar-refractivity contribution is -0.113. The molecule has 0 radical (unpaired) electrons. The second kappa shape index (κ2) is 7.81. The van der Waals surface area contributed by atoms with Gasteiger partial charge in [-0.1, -0.05) is 54.2 Å². The highest BCUT2D eigenvalue weighted by molar-refractivity contribution is 7.99. The number of aromatic amines is 1. The Morgan fingerprint density at radius 1 is 1.08 bits per heavy atom. The number of H-pyrrole nitrogens is 1. The van der Waals surface area contributed by atoms with Gasteiger partial charge in [-0.25, -0.2) is 4.98 Å². The zero-order valence-electron chi connectivity index (χ0n) is 13.7. The van der Waals surface area contributed by atoms with Crippen molar-refractivity contribution >= 4 is 23.4 Å². The summed E-state index contributed by atoms with van der Waals surface area (Å²) in [6.07, 6.45) is 0. The number of aromatic nitrogens is 2. The van der Waals surface area contributed by atoms with Gasteiger partial charge in [-0.15, -0.1) is 0 Å². The third kappa shape index (κ3) is 4.81. The summed E-state index contributed by atoms with van der Waals surface area (Å²) >= 11 is 1.20. The van der Waals surface area contributed by atoms with E-state index in [2.05, 4.69) is 15.3 Å². The summed E-state index contributed by atoms with van der Waals surface area (Å²) in [4.78, 5) is 30.2. The van der Waals surface area contributed by atoms with Crippen LogP contribution in [0, 0.1) is 6.92 Å². The van der Waals surface area contributed by atoms with Gasteiger partial charge in [-0.05, 0) is 30.2 Å². The first-order chi connectivity index (χ1) is 12.1. The lowest BCUT2D eigenvalue weighted by atomic mass is 10.1. The second-order valence-electron chi connectivity index (χ2n) is 5.47. The van der Waals surface area contributed by atoms with Crippen LogP contribution in [0.2, 0.25) is 0 Å². The first-order valence-corrected chi connectivity index (χ1v) is 8.75. The van der Waals surface area contributed by atoms with Gasteiger partial charge in [0.1, 0.15) is 0 Å². The van der Waals surface area contributed by atoms with Crippen molar-refractivity contribution in [1.82, 2.24) is 9.97 Å². The van der Waals surface area contributed by atoms with E-state index in [-0.39, 0.29) is 17.2 Å². The summed E-state index contributed by atoms with van der Waals surface area (Å²) in [5.74, 6) is 0.0222. The molecule has 0 fully saturated rings. The summed E-state index contributed by atoms with van der Waals surface area (Å²) in [6.45, 7) is 1.74. The number of benzene rings is 2. The smallest absolute Gasteiger partial charge is 0.251 e. The fraction of sp³-hybridized carbons (Fsp3) is 0.105. The number of rotatable bonds is 5. The number of hydrogen-bond donors (Lipinski definition) is 2. The molecule has 0 saturated carbocycles. The van der Waals surface area contributed by atoms with Crippen LogP contribution in [0.15, 0.2) is 70.6 Å². The van der Waals surface area contributed by atoms with E-state index < -0.39 is 0 Å². The van der Waals surface area contributed by atoms with Crippen molar-refractivity contribution < 1.29 is 4.79 Å². The lowest BCUT2D eigenvalue weighted by Gasteiger charge is -2.07. The number of carbonyl (C=O) groups is 1. The highest BCUT2D eigenvalue weighted by atomic mass is 32.2. The Hall–Kier alpha value is -2.86. The molecule has 2 N–H and O–H groups in total. The van der Waals surface area contributed by atoms with Crippen LogP contribution in [0.4, 0.5) is 5.69 Å². The monoisotopic (exact) mass is 351 g/mol. The normalized spacial score (nSPS) is 10.4. The fourth-order valence-electron chi connectivity index (χ4n) is 2.33. The van der Waals surface area contributed by atoms with Gasteiger partial charge in [0.2, 0.25) is 5.91 Å². The largest absolute Gasteiger partial charge is 0.325 e. The average Bonchev–Trinajstić information content (AvgIpc) is 2.61. The number of nitrogens with zero attached hydrogens (tertiary/aromatic N) is 1. The van der Waals surface area contributed by atoms with Crippen molar-refractivity contribution in [1.29, 1.82) is 0 Å². The maximum absolute atomic E-state index is 12.1. The third-order valence-electron chi connectivity index (χ3n) is 3.46. The average molecular weight is 351 g/mol. The van der Waals surface area contributed by atoms with Gasteiger partial charge in [-0.2, -0.15) is 0 Å². The Morgan fingerprint density at radius 3 is 2.44 bits per heavy atom. The number of carbonyl (C=O) groups excluding carboxylic acids is 1. The Labute approximate surface area is 149 Å². The predicted octanol–water partition coefficient (Wildman–Crippen LogP) is 3.48. The molecule has 1 heterocycles. The maximum Gasteiger partial charge on any atom is 0.251 e. The zero-order chi connectivity index (χ0) is 17.6. The van der Waals surface area contributed by atoms with Crippen molar-refractivity contribution in [3.05, 3.63) is 76.7 Å². The molecule has 0 aliphatic rings. The van der Waals surface area contributed by atoms with Crippen molar-refractivity contribution in [2.45, 2.75) is 12.1 Å². The second-order valence-corrected chi connectivity index (χ2v) is 6.44. The summed E-state index contributed by atoms with van der Waals surface area (Å²) in [7, 11) is 0. The van der Waals surface area contributed by atoms with E-state index in [1.807, 2.05) is 54.6 Å². The molecule has 0 atom stereocenters. The minimum absolute atomic E-state index is 0.151. The molecule has 3 aromatic rings. The van der Waals surface area contributed by atoms with Crippen molar-refractivity contribution in [3.63, 3.8) is 0 Å². The van der Waals surface area contributed by atoms with E-state index in [9.17, 15) is 9.59 Å². The molecule has 6 heteroatoms. The summed E-state index contributed by atoms with van der Waals surface area (Å²) in [6, 6.07) is 19.1. The number of hydrogen-bond acceptors (Lipinski definition) is 4. The molecule has 0 aliphatic carbocycles. The number of anilines is 1. The molecule has 0 saturated heterocycles. The van der Waals surface area contributed by atoms with Gasteiger partial charge in [0.05, 0.1) is 5.75 Å². The number of nitrogens with one attached hydrogen (secondary N) is 2. The molecule has 1 aromatic heterocycles. The first kappa shape index (κ1) is 17.0.